The number of benzene rings is 2. The molecule has 0 aliphatic heterocycles. The third kappa shape index (κ3) is 4.59. The Morgan fingerprint density at radius 2 is 1.79 bits per heavy atom. The van der Waals surface area contributed by atoms with Gasteiger partial charge in [0.25, 0.3) is 0 Å². The summed E-state index contributed by atoms with van der Waals surface area (Å²) < 4.78 is 10.1. The van der Waals surface area contributed by atoms with E-state index in [-0.39, 0.29) is 12.3 Å². The van der Waals surface area contributed by atoms with E-state index in [1.165, 1.54) is 7.11 Å². The number of anilines is 1. The Hall–Kier alpha value is -2.82. The molecule has 2 aromatic rings. The standard InChI is InChI=1S/C19H21NO4/c1-4-24-16-9-6-14(7-10-16)11-18(21)20-17-12-15(19(22)23-3)8-5-13(17)2/h5-10,12H,4,11H2,1-3H3,(H,20,21). The van der Waals surface area contributed by atoms with E-state index in [0.29, 0.717) is 17.9 Å². The fraction of sp³-hybridized carbons (Fsp3) is 0.263. The minimum Gasteiger partial charge on any atom is -0.494 e. The summed E-state index contributed by atoms with van der Waals surface area (Å²) in [6.07, 6.45) is 0.244. The van der Waals surface area contributed by atoms with Gasteiger partial charge in [0.1, 0.15) is 5.75 Å². The molecule has 0 saturated heterocycles. The molecule has 0 aromatic heterocycles. The van der Waals surface area contributed by atoms with Crippen LogP contribution >= 0.6 is 0 Å². The normalized spacial score (nSPS) is 10.1. The minimum atomic E-state index is -0.433. The maximum atomic E-state index is 12.2. The third-order valence-electron chi connectivity index (χ3n) is 3.53. The Labute approximate surface area is 141 Å². The van der Waals surface area contributed by atoms with Gasteiger partial charge in [-0.15, -0.1) is 0 Å². The van der Waals surface area contributed by atoms with Gasteiger partial charge in [0.05, 0.1) is 25.7 Å². The maximum Gasteiger partial charge on any atom is 0.337 e. The molecule has 0 aliphatic rings. The number of carbonyl (C=O) groups is 2. The zero-order chi connectivity index (χ0) is 17.5. The maximum absolute atomic E-state index is 12.2. The summed E-state index contributed by atoms with van der Waals surface area (Å²) in [5.74, 6) is 0.199. The number of esters is 1. The van der Waals surface area contributed by atoms with Crippen LogP contribution < -0.4 is 10.1 Å². The Morgan fingerprint density at radius 3 is 2.42 bits per heavy atom. The summed E-state index contributed by atoms with van der Waals surface area (Å²) in [5.41, 5.74) is 2.77. The quantitative estimate of drug-likeness (QED) is 0.826. The summed E-state index contributed by atoms with van der Waals surface area (Å²) in [5, 5.41) is 2.84. The van der Waals surface area contributed by atoms with E-state index in [0.717, 1.165) is 16.9 Å². The molecule has 0 radical (unpaired) electrons. The Bertz CT molecular complexity index is 723. The van der Waals surface area contributed by atoms with Crippen LogP contribution in [0.3, 0.4) is 0 Å². The monoisotopic (exact) mass is 327 g/mol. The van der Waals surface area contributed by atoms with Gasteiger partial charge in [-0.25, -0.2) is 4.79 Å². The van der Waals surface area contributed by atoms with Crippen LogP contribution in [0, 0.1) is 6.92 Å². The van der Waals surface area contributed by atoms with E-state index in [1.54, 1.807) is 18.2 Å². The van der Waals surface area contributed by atoms with Crippen molar-refractivity contribution in [1.82, 2.24) is 0 Å². The predicted octanol–water partition coefficient (Wildman–Crippen LogP) is 3.36. The second-order valence-electron chi connectivity index (χ2n) is 5.32. The summed E-state index contributed by atoms with van der Waals surface area (Å²) >= 11 is 0. The molecule has 0 saturated carbocycles. The number of ether oxygens (including phenoxy) is 2. The van der Waals surface area contributed by atoms with Crippen LogP contribution in [0.5, 0.6) is 5.75 Å². The third-order valence-corrected chi connectivity index (χ3v) is 3.53. The molecule has 0 spiro atoms. The van der Waals surface area contributed by atoms with Crippen molar-refractivity contribution in [2.75, 3.05) is 19.0 Å². The molecule has 0 bridgehead atoms. The molecule has 5 nitrogen and oxygen atoms in total. The van der Waals surface area contributed by atoms with Crippen LogP contribution in [0.25, 0.3) is 0 Å². The highest BCUT2D eigenvalue weighted by molar-refractivity contribution is 5.96. The second kappa shape index (κ2) is 8.15. The van der Waals surface area contributed by atoms with Crippen LogP contribution in [-0.4, -0.2) is 25.6 Å². The Morgan fingerprint density at radius 1 is 1.08 bits per heavy atom. The largest absolute Gasteiger partial charge is 0.494 e. The molecule has 0 aliphatic carbocycles. The van der Waals surface area contributed by atoms with Gasteiger partial charge in [0.15, 0.2) is 0 Å². The zero-order valence-corrected chi connectivity index (χ0v) is 14.1. The van der Waals surface area contributed by atoms with E-state index in [1.807, 2.05) is 38.1 Å². The fourth-order valence-corrected chi connectivity index (χ4v) is 2.25. The number of carbonyl (C=O) groups excluding carboxylic acids is 2. The van der Waals surface area contributed by atoms with Crippen molar-refractivity contribution in [2.24, 2.45) is 0 Å². The van der Waals surface area contributed by atoms with E-state index in [2.05, 4.69) is 5.32 Å². The van der Waals surface area contributed by atoms with Crippen LogP contribution in [-0.2, 0) is 16.0 Å². The van der Waals surface area contributed by atoms with Gasteiger partial charge in [-0.3, -0.25) is 4.79 Å². The number of hydrogen-bond acceptors (Lipinski definition) is 4. The molecule has 1 amide bonds. The van der Waals surface area contributed by atoms with Crippen LogP contribution in [0.1, 0.15) is 28.4 Å². The summed E-state index contributed by atoms with van der Waals surface area (Å²) in [7, 11) is 1.33. The number of nitrogens with one attached hydrogen (secondary N) is 1. The minimum absolute atomic E-state index is 0.149. The van der Waals surface area contributed by atoms with Crippen molar-refractivity contribution in [2.45, 2.75) is 20.3 Å². The number of amides is 1. The van der Waals surface area contributed by atoms with Crippen molar-refractivity contribution in [1.29, 1.82) is 0 Å². The summed E-state index contributed by atoms with van der Waals surface area (Å²) in [6.45, 7) is 4.40. The van der Waals surface area contributed by atoms with Crippen molar-refractivity contribution in [3.8, 4) is 5.75 Å². The number of aryl methyl sites for hydroxylation is 1. The molecule has 1 N–H and O–H groups in total. The first-order valence-electron chi connectivity index (χ1n) is 7.74. The number of methoxy groups -OCH3 is 1. The lowest BCUT2D eigenvalue weighted by Gasteiger charge is -2.10. The topological polar surface area (TPSA) is 64.6 Å². The van der Waals surface area contributed by atoms with Crippen LogP contribution in [0.15, 0.2) is 42.5 Å². The van der Waals surface area contributed by atoms with Crippen molar-refractivity contribution < 1.29 is 19.1 Å². The van der Waals surface area contributed by atoms with Crippen LogP contribution in [0.4, 0.5) is 5.69 Å². The van der Waals surface area contributed by atoms with Gasteiger partial charge < -0.3 is 14.8 Å². The average molecular weight is 327 g/mol. The van der Waals surface area contributed by atoms with Gasteiger partial charge in [0, 0.05) is 5.69 Å². The van der Waals surface area contributed by atoms with E-state index in [4.69, 9.17) is 9.47 Å². The smallest absolute Gasteiger partial charge is 0.337 e. The highest BCUT2D eigenvalue weighted by atomic mass is 16.5. The van der Waals surface area contributed by atoms with Crippen molar-refractivity contribution in [3.05, 3.63) is 59.2 Å². The lowest BCUT2D eigenvalue weighted by Crippen LogP contribution is -2.15. The molecule has 2 rings (SSSR count). The molecule has 0 heterocycles. The second-order valence-corrected chi connectivity index (χ2v) is 5.32. The average Bonchev–Trinajstić information content (AvgIpc) is 2.58. The van der Waals surface area contributed by atoms with E-state index >= 15 is 0 Å². The number of rotatable bonds is 6. The highest BCUT2D eigenvalue weighted by Crippen LogP contribution is 2.18. The lowest BCUT2D eigenvalue weighted by atomic mass is 10.1. The van der Waals surface area contributed by atoms with Gasteiger partial charge in [-0.2, -0.15) is 0 Å². The van der Waals surface area contributed by atoms with Crippen molar-refractivity contribution >= 4 is 17.6 Å². The molecule has 24 heavy (non-hydrogen) atoms. The molecule has 126 valence electrons. The predicted molar refractivity (Wildman–Crippen MR) is 92.5 cm³/mol. The number of hydrogen-bond donors (Lipinski definition) is 1. The molecular formula is C19H21NO4. The lowest BCUT2D eigenvalue weighted by molar-refractivity contribution is -0.115. The first kappa shape index (κ1) is 17.5. The van der Waals surface area contributed by atoms with Gasteiger partial charge >= 0.3 is 5.97 Å². The molecule has 2 aromatic carbocycles. The molecule has 0 unspecified atom stereocenters. The molecule has 0 fully saturated rings. The van der Waals surface area contributed by atoms with Gasteiger partial charge in [-0.1, -0.05) is 18.2 Å². The van der Waals surface area contributed by atoms with E-state index < -0.39 is 5.97 Å². The summed E-state index contributed by atoms with van der Waals surface area (Å²) in [4.78, 5) is 23.8. The van der Waals surface area contributed by atoms with Gasteiger partial charge in [0.2, 0.25) is 5.91 Å². The zero-order valence-electron chi connectivity index (χ0n) is 14.1. The fourth-order valence-electron chi connectivity index (χ4n) is 2.25. The molecular weight excluding hydrogens is 306 g/mol. The first-order valence-corrected chi connectivity index (χ1v) is 7.74. The Balaban J connectivity index is 2.05. The highest BCUT2D eigenvalue weighted by Gasteiger charge is 2.11. The van der Waals surface area contributed by atoms with Gasteiger partial charge in [-0.05, 0) is 49.2 Å². The molecule has 0 atom stereocenters. The Kier molecular flexibility index (Phi) is 5.95. The van der Waals surface area contributed by atoms with E-state index in [9.17, 15) is 9.59 Å². The van der Waals surface area contributed by atoms with Crippen LogP contribution in [0.2, 0.25) is 0 Å². The molecule has 5 heteroatoms. The SMILES string of the molecule is CCOc1ccc(CC(=O)Nc2cc(C(=O)OC)ccc2C)cc1. The summed E-state index contributed by atoms with van der Waals surface area (Å²) in [6, 6.07) is 12.5. The first-order chi connectivity index (χ1) is 11.5. The van der Waals surface area contributed by atoms with Crippen molar-refractivity contribution in [3.63, 3.8) is 0 Å².